The maximum absolute atomic E-state index is 13.2. The fraction of sp³-hybridized carbons (Fsp3) is 0.414. The molecule has 0 unspecified atom stereocenters. The summed E-state index contributed by atoms with van der Waals surface area (Å²) in [6.45, 7) is 15.3. The normalized spacial score (nSPS) is 15.9. The smallest absolute Gasteiger partial charge is 0.309 e. The molecule has 1 aliphatic carbocycles. The third kappa shape index (κ3) is 3.82. The third-order valence-electron chi connectivity index (χ3n) is 7.67. The van der Waals surface area contributed by atoms with Crippen molar-refractivity contribution < 1.29 is 9.21 Å². The van der Waals surface area contributed by atoms with Crippen LogP contribution in [0.1, 0.15) is 83.9 Å². The van der Waals surface area contributed by atoms with Gasteiger partial charge in [0.05, 0.1) is 5.69 Å². The number of benzene rings is 1. The minimum Gasteiger partial charge on any atom is -0.456 e. The first-order chi connectivity index (χ1) is 16.8. The van der Waals surface area contributed by atoms with E-state index in [4.69, 9.17) is 10.3 Å². The van der Waals surface area contributed by atoms with Gasteiger partial charge in [-0.25, -0.2) is 15.8 Å². The molecule has 4 aromatic rings. The highest BCUT2D eigenvalue weighted by Crippen LogP contribution is 2.50. The second-order valence-electron chi connectivity index (χ2n) is 11.6. The SMILES string of the molecule is Cc1cc2c(cc1Cc1ccc(C(=O)N(N)c3cc(C)c4c(C)nn(C)c4n3)o1)C(C)(C)CC2(C)C. The Labute approximate surface area is 212 Å². The molecule has 0 saturated carbocycles. The predicted molar refractivity (Wildman–Crippen MR) is 142 cm³/mol. The van der Waals surface area contributed by atoms with Crippen molar-refractivity contribution in [3.05, 3.63) is 75.4 Å². The van der Waals surface area contributed by atoms with E-state index in [1.54, 1.807) is 16.8 Å². The topological polar surface area (TPSA) is 90.2 Å². The lowest BCUT2D eigenvalue weighted by Crippen LogP contribution is -2.38. The molecule has 0 aliphatic heterocycles. The van der Waals surface area contributed by atoms with Crippen LogP contribution in [0.25, 0.3) is 11.0 Å². The number of anilines is 1. The molecule has 0 bridgehead atoms. The van der Waals surface area contributed by atoms with Crippen molar-refractivity contribution in [2.75, 3.05) is 5.01 Å². The van der Waals surface area contributed by atoms with Crippen LogP contribution in [0.2, 0.25) is 0 Å². The van der Waals surface area contributed by atoms with Crippen molar-refractivity contribution in [3.8, 4) is 0 Å². The van der Waals surface area contributed by atoms with Gasteiger partial charge in [0, 0.05) is 18.9 Å². The summed E-state index contributed by atoms with van der Waals surface area (Å²) in [5.41, 5.74) is 8.13. The zero-order valence-electron chi connectivity index (χ0n) is 22.5. The Kier molecular flexibility index (Phi) is 5.41. The van der Waals surface area contributed by atoms with E-state index in [0.29, 0.717) is 17.9 Å². The maximum atomic E-state index is 13.2. The third-order valence-corrected chi connectivity index (χ3v) is 7.67. The highest BCUT2D eigenvalue weighted by molar-refractivity contribution is 6.03. The molecule has 1 amide bonds. The van der Waals surface area contributed by atoms with Crippen molar-refractivity contribution in [1.29, 1.82) is 0 Å². The minimum atomic E-state index is -0.444. The lowest BCUT2D eigenvalue weighted by Gasteiger charge is -2.22. The van der Waals surface area contributed by atoms with E-state index in [9.17, 15) is 4.79 Å². The molecule has 5 rings (SSSR count). The van der Waals surface area contributed by atoms with Gasteiger partial charge in [0.15, 0.2) is 17.2 Å². The molecule has 1 aromatic carbocycles. The van der Waals surface area contributed by atoms with Gasteiger partial charge in [-0.2, -0.15) is 5.10 Å². The second-order valence-corrected chi connectivity index (χ2v) is 11.6. The average Bonchev–Trinajstić information content (AvgIpc) is 3.41. The zero-order chi connectivity index (χ0) is 26.2. The lowest BCUT2D eigenvalue weighted by atomic mass is 9.82. The van der Waals surface area contributed by atoms with E-state index in [2.05, 4.69) is 56.8 Å². The van der Waals surface area contributed by atoms with Crippen molar-refractivity contribution in [3.63, 3.8) is 0 Å². The van der Waals surface area contributed by atoms with Crippen molar-refractivity contribution in [2.24, 2.45) is 12.9 Å². The summed E-state index contributed by atoms with van der Waals surface area (Å²) in [6.07, 6.45) is 1.74. The van der Waals surface area contributed by atoms with E-state index in [1.165, 1.54) is 22.3 Å². The Morgan fingerprint density at radius 2 is 1.72 bits per heavy atom. The molecule has 2 N–H and O–H groups in total. The van der Waals surface area contributed by atoms with Gasteiger partial charge in [0.25, 0.3) is 0 Å². The standard InChI is InChI=1S/C29H35N5O2/c1-16-11-21-22(29(6,7)15-28(21,4)5)14-19(16)13-20-9-10-23(36-20)27(35)34(30)24-12-17(2)25-18(3)32-33(8)26(25)31-24/h9-12,14H,13,15,30H2,1-8H3. The van der Waals surface area contributed by atoms with Gasteiger partial charge in [-0.15, -0.1) is 0 Å². The van der Waals surface area contributed by atoms with E-state index in [1.807, 2.05) is 27.0 Å². The van der Waals surface area contributed by atoms with Gasteiger partial charge in [-0.3, -0.25) is 9.48 Å². The molecule has 3 heterocycles. The molecule has 0 fully saturated rings. The molecule has 0 saturated heterocycles. The van der Waals surface area contributed by atoms with Crippen LogP contribution in [0, 0.1) is 20.8 Å². The average molecular weight is 486 g/mol. The zero-order valence-corrected chi connectivity index (χ0v) is 22.5. The molecule has 3 aromatic heterocycles. The number of carbonyl (C=O) groups is 1. The van der Waals surface area contributed by atoms with Crippen molar-refractivity contribution >= 4 is 22.8 Å². The number of nitrogens with two attached hydrogens (primary N) is 1. The van der Waals surface area contributed by atoms with Gasteiger partial charge in [-0.05, 0) is 84.0 Å². The van der Waals surface area contributed by atoms with Crippen LogP contribution in [0.4, 0.5) is 5.82 Å². The quantitative estimate of drug-likeness (QED) is 0.232. The number of aryl methyl sites for hydroxylation is 4. The fourth-order valence-electron chi connectivity index (χ4n) is 6.12. The number of pyridine rings is 1. The molecule has 0 radical (unpaired) electrons. The number of hydrogen-bond acceptors (Lipinski definition) is 5. The number of nitrogens with zero attached hydrogens (tertiary/aromatic N) is 4. The van der Waals surface area contributed by atoms with E-state index < -0.39 is 5.91 Å². The molecular formula is C29H35N5O2. The summed E-state index contributed by atoms with van der Waals surface area (Å²) in [7, 11) is 1.83. The van der Waals surface area contributed by atoms with Crippen LogP contribution in [0.15, 0.2) is 34.7 Å². The van der Waals surface area contributed by atoms with E-state index >= 15 is 0 Å². The monoisotopic (exact) mass is 485 g/mol. The highest BCUT2D eigenvalue weighted by Gasteiger charge is 2.42. The fourth-order valence-corrected chi connectivity index (χ4v) is 6.12. The summed E-state index contributed by atoms with van der Waals surface area (Å²) in [6, 6.07) is 10.0. The molecule has 188 valence electrons. The summed E-state index contributed by atoms with van der Waals surface area (Å²) in [4.78, 5) is 17.8. The number of amides is 1. The molecule has 7 nitrogen and oxygen atoms in total. The molecule has 0 spiro atoms. The lowest BCUT2D eigenvalue weighted by molar-refractivity contribution is 0.0958. The predicted octanol–water partition coefficient (Wildman–Crippen LogP) is 5.56. The number of furan rings is 1. The number of rotatable bonds is 4. The highest BCUT2D eigenvalue weighted by atomic mass is 16.4. The van der Waals surface area contributed by atoms with Gasteiger partial charge < -0.3 is 4.42 Å². The first-order valence-electron chi connectivity index (χ1n) is 12.4. The van der Waals surface area contributed by atoms with Gasteiger partial charge in [0.1, 0.15) is 5.76 Å². The van der Waals surface area contributed by atoms with Gasteiger partial charge >= 0.3 is 5.91 Å². The maximum Gasteiger partial charge on any atom is 0.309 e. The Morgan fingerprint density at radius 1 is 1.06 bits per heavy atom. The van der Waals surface area contributed by atoms with E-state index in [0.717, 1.165) is 33.8 Å². The summed E-state index contributed by atoms with van der Waals surface area (Å²) in [5, 5.41) is 6.45. The Bertz CT molecular complexity index is 1520. The first kappa shape index (κ1) is 24.3. The number of hydrogen-bond donors (Lipinski definition) is 1. The second kappa shape index (κ2) is 8.03. The summed E-state index contributed by atoms with van der Waals surface area (Å²) >= 11 is 0. The Hall–Kier alpha value is -3.45. The van der Waals surface area contributed by atoms with Gasteiger partial charge in [0.2, 0.25) is 0 Å². The summed E-state index contributed by atoms with van der Waals surface area (Å²) in [5.74, 6) is 7.05. The molecule has 36 heavy (non-hydrogen) atoms. The number of hydrazine groups is 1. The van der Waals surface area contributed by atoms with Crippen LogP contribution in [-0.4, -0.2) is 20.7 Å². The summed E-state index contributed by atoms with van der Waals surface area (Å²) < 4.78 is 7.69. The number of carbonyl (C=O) groups excluding carboxylic acids is 1. The molecular weight excluding hydrogens is 450 g/mol. The molecule has 1 aliphatic rings. The van der Waals surface area contributed by atoms with E-state index in [-0.39, 0.29) is 16.6 Å². The van der Waals surface area contributed by atoms with Crippen LogP contribution >= 0.6 is 0 Å². The van der Waals surface area contributed by atoms with Crippen LogP contribution in [0.5, 0.6) is 0 Å². The number of aromatic nitrogens is 3. The van der Waals surface area contributed by atoms with Crippen LogP contribution < -0.4 is 10.9 Å². The molecule has 7 heteroatoms. The Morgan fingerprint density at radius 3 is 2.42 bits per heavy atom. The first-order valence-corrected chi connectivity index (χ1v) is 12.4. The minimum absolute atomic E-state index is 0.129. The van der Waals surface area contributed by atoms with Crippen molar-refractivity contribution in [2.45, 2.75) is 72.1 Å². The molecule has 0 atom stereocenters. The Balaban J connectivity index is 1.41. The van der Waals surface area contributed by atoms with Gasteiger partial charge in [-0.1, -0.05) is 39.8 Å². The van der Waals surface area contributed by atoms with Crippen LogP contribution in [0.3, 0.4) is 0 Å². The van der Waals surface area contributed by atoms with Crippen LogP contribution in [-0.2, 0) is 24.3 Å². The van der Waals surface area contributed by atoms with Crippen molar-refractivity contribution in [1.82, 2.24) is 14.8 Å². The largest absolute Gasteiger partial charge is 0.456 e. The number of fused-ring (bicyclic) bond motifs is 2.